The predicted octanol–water partition coefficient (Wildman–Crippen LogP) is 0.690. The van der Waals surface area contributed by atoms with Crippen LogP contribution in [0.1, 0.15) is 32.6 Å². The summed E-state index contributed by atoms with van der Waals surface area (Å²) in [6.45, 7) is 3.50. The molecule has 0 spiro atoms. The molecule has 1 saturated heterocycles. The number of hydrogen-bond acceptors (Lipinski definition) is 3. The van der Waals surface area contributed by atoms with Gasteiger partial charge in [0.25, 0.3) is 0 Å². The zero-order valence-electron chi connectivity index (χ0n) is 9.37. The van der Waals surface area contributed by atoms with Crippen LogP contribution in [0, 0.1) is 5.92 Å². The summed E-state index contributed by atoms with van der Waals surface area (Å²) in [7, 11) is 0. The van der Waals surface area contributed by atoms with E-state index in [0.29, 0.717) is 13.2 Å². The smallest absolute Gasteiger partial charge is 0.225 e. The van der Waals surface area contributed by atoms with Gasteiger partial charge in [0.05, 0.1) is 18.6 Å². The lowest BCUT2D eigenvalue weighted by molar-refractivity contribution is -0.124. The summed E-state index contributed by atoms with van der Waals surface area (Å²) in [5.41, 5.74) is 0. The number of carbonyl (C=O) groups is 1. The third-order valence-electron chi connectivity index (χ3n) is 2.70. The van der Waals surface area contributed by atoms with Crippen LogP contribution in [0.15, 0.2) is 0 Å². The van der Waals surface area contributed by atoms with Gasteiger partial charge >= 0.3 is 0 Å². The molecule has 0 aliphatic carbocycles. The summed E-state index contributed by atoms with van der Waals surface area (Å²) >= 11 is 0. The van der Waals surface area contributed by atoms with Gasteiger partial charge in [-0.1, -0.05) is 0 Å². The molecule has 4 nitrogen and oxygen atoms in total. The summed E-state index contributed by atoms with van der Waals surface area (Å²) in [5, 5.41) is 11.5. The lowest BCUT2D eigenvalue weighted by Crippen LogP contribution is -2.31. The quantitative estimate of drug-likeness (QED) is 0.641. The number of ether oxygens (including phenoxy) is 1. The maximum absolute atomic E-state index is 11.6. The number of carbonyl (C=O) groups excluding carboxylic acids is 1. The first-order valence-corrected chi connectivity index (χ1v) is 5.74. The molecule has 4 heteroatoms. The van der Waals surface area contributed by atoms with Gasteiger partial charge in [-0.15, -0.1) is 0 Å². The topological polar surface area (TPSA) is 58.6 Å². The fourth-order valence-corrected chi connectivity index (χ4v) is 1.77. The van der Waals surface area contributed by atoms with Crippen LogP contribution in [0.5, 0.6) is 0 Å². The van der Waals surface area contributed by atoms with Crippen molar-refractivity contribution in [2.24, 2.45) is 5.92 Å². The van der Waals surface area contributed by atoms with Crippen LogP contribution in [0.2, 0.25) is 0 Å². The Balaban J connectivity index is 2.03. The van der Waals surface area contributed by atoms with E-state index in [1.165, 1.54) is 0 Å². The molecule has 88 valence electrons. The molecule has 0 bridgehead atoms. The SMILES string of the molecule is CC1CC(C(=O)NCCCCCO)CO1. The molecule has 2 atom stereocenters. The van der Waals surface area contributed by atoms with Crippen molar-refractivity contribution in [3.05, 3.63) is 0 Å². The first-order valence-electron chi connectivity index (χ1n) is 5.74. The molecule has 2 unspecified atom stereocenters. The third-order valence-corrected chi connectivity index (χ3v) is 2.70. The van der Waals surface area contributed by atoms with E-state index in [2.05, 4.69) is 5.32 Å². The lowest BCUT2D eigenvalue weighted by atomic mass is 10.1. The molecule has 1 amide bonds. The predicted molar refractivity (Wildman–Crippen MR) is 57.5 cm³/mol. The standard InChI is InChI=1S/C11H21NO3/c1-9-7-10(8-15-9)11(14)12-5-3-2-4-6-13/h9-10,13H,2-8H2,1H3,(H,12,14). The Morgan fingerprint density at radius 1 is 1.47 bits per heavy atom. The maximum Gasteiger partial charge on any atom is 0.225 e. The second-order valence-corrected chi connectivity index (χ2v) is 4.15. The molecule has 0 radical (unpaired) electrons. The van der Waals surface area contributed by atoms with Crippen molar-refractivity contribution >= 4 is 5.91 Å². The van der Waals surface area contributed by atoms with Crippen molar-refractivity contribution < 1.29 is 14.6 Å². The van der Waals surface area contributed by atoms with Gasteiger partial charge in [0.2, 0.25) is 5.91 Å². The van der Waals surface area contributed by atoms with Crippen molar-refractivity contribution in [2.75, 3.05) is 19.8 Å². The Morgan fingerprint density at radius 3 is 2.87 bits per heavy atom. The second kappa shape index (κ2) is 6.80. The molecule has 1 rings (SSSR count). The van der Waals surface area contributed by atoms with E-state index < -0.39 is 0 Å². The Kier molecular flexibility index (Phi) is 5.65. The minimum absolute atomic E-state index is 0.0397. The van der Waals surface area contributed by atoms with Crippen LogP contribution in [0.4, 0.5) is 0 Å². The monoisotopic (exact) mass is 215 g/mol. The zero-order valence-corrected chi connectivity index (χ0v) is 9.37. The highest BCUT2D eigenvalue weighted by molar-refractivity contribution is 5.79. The fourth-order valence-electron chi connectivity index (χ4n) is 1.77. The van der Waals surface area contributed by atoms with E-state index in [1.807, 2.05) is 6.92 Å². The summed E-state index contributed by atoms with van der Waals surface area (Å²) < 4.78 is 5.34. The molecule has 0 saturated carbocycles. The van der Waals surface area contributed by atoms with Gasteiger partial charge in [0.1, 0.15) is 0 Å². The lowest BCUT2D eigenvalue weighted by Gasteiger charge is -2.08. The molecule has 0 aromatic rings. The normalized spacial score (nSPS) is 25.5. The van der Waals surface area contributed by atoms with Crippen molar-refractivity contribution in [3.63, 3.8) is 0 Å². The highest BCUT2D eigenvalue weighted by atomic mass is 16.5. The Bertz CT molecular complexity index is 196. The molecule has 0 aromatic carbocycles. The second-order valence-electron chi connectivity index (χ2n) is 4.15. The summed E-state index contributed by atoms with van der Waals surface area (Å²) in [6.07, 6.45) is 3.78. The van der Waals surface area contributed by atoms with Crippen LogP contribution in [0.3, 0.4) is 0 Å². The van der Waals surface area contributed by atoms with Gasteiger partial charge in [0.15, 0.2) is 0 Å². The van der Waals surface area contributed by atoms with Gasteiger partial charge in [-0.2, -0.15) is 0 Å². The minimum atomic E-state index is 0.0397. The van der Waals surface area contributed by atoms with Crippen molar-refractivity contribution in [2.45, 2.75) is 38.7 Å². The van der Waals surface area contributed by atoms with Crippen LogP contribution < -0.4 is 5.32 Å². The van der Waals surface area contributed by atoms with Gasteiger partial charge in [0, 0.05) is 13.2 Å². The first kappa shape index (κ1) is 12.5. The highest BCUT2D eigenvalue weighted by Gasteiger charge is 2.27. The fraction of sp³-hybridized carbons (Fsp3) is 0.909. The Labute approximate surface area is 91.0 Å². The van der Waals surface area contributed by atoms with E-state index in [4.69, 9.17) is 9.84 Å². The first-order chi connectivity index (χ1) is 7.24. The molecular weight excluding hydrogens is 194 g/mol. The molecule has 1 aliphatic heterocycles. The van der Waals surface area contributed by atoms with Crippen molar-refractivity contribution in [1.82, 2.24) is 5.32 Å². The molecule has 1 aliphatic rings. The average molecular weight is 215 g/mol. The van der Waals surface area contributed by atoms with E-state index in [-0.39, 0.29) is 24.5 Å². The van der Waals surface area contributed by atoms with E-state index >= 15 is 0 Å². The van der Waals surface area contributed by atoms with Crippen LogP contribution in [-0.2, 0) is 9.53 Å². The van der Waals surface area contributed by atoms with Gasteiger partial charge < -0.3 is 15.2 Å². The number of rotatable bonds is 6. The zero-order chi connectivity index (χ0) is 11.1. The summed E-state index contributed by atoms with van der Waals surface area (Å²) in [6, 6.07) is 0. The van der Waals surface area contributed by atoms with Gasteiger partial charge in [-0.05, 0) is 32.6 Å². The van der Waals surface area contributed by atoms with E-state index in [0.717, 1.165) is 25.7 Å². The molecule has 1 fully saturated rings. The molecule has 15 heavy (non-hydrogen) atoms. The van der Waals surface area contributed by atoms with Crippen molar-refractivity contribution in [1.29, 1.82) is 0 Å². The Morgan fingerprint density at radius 2 is 2.27 bits per heavy atom. The molecule has 2 N–H and O–H groups in total. The maximum atomic E-state index is 11.6. The third kappa shape index (κ3) is 4.62. The highest BCUT2D eigenvalue weighted by Crippen LogP contribution is 2.18. The molecule has 1 heterocycles. The Hall–Kier alpha value is -0.610. The average Bonchev–Trinajstić information content (AvgIpc) is 2.64. The number of nitrogens with one attached hydrogen (secondary N) is 1. The molecule has 0 aromatic heterocycles. The van der Waals surface area contributed by atoms with E-state index in [9.17, 15) is 4.79 Å². The largest absolute Gasteiger partial charge is 0.396 e. The number of hydrogen-bond donors (Lipinski definition) is 2. The van der Waals surface area contributed by atoms with Crippen molar-refractivity contribution in [3.8, 4) is 0 Å². The number of aliphatic hydroxyl groups excluding tert-OH is 1. The van der Waals surface area contributed by atoms with Gasteiger partial charge in [-0.3, -0.25) is 4.79 Å². The molecular formula is C11H21NO3. The minimum Gasteiger partial charge on any atom is -0.396 e. The van der Waals surface area contributed by atoms with E-state index in [1.54, 1.807) is 0 Å². The van der Waals surface area contributed by atoms with Gasteiger partial charge in [-0.25, -0.2) is 0 Å². The van der Waals surface area contributed by atoms with Crippen LogP contribution >= 0.6 is 0 Å². The summed E-state index contributed by atoms with van der Waals surface area (Å²) in [4.78, 5) is 11.6. The number of amides is 1. The number of unbranched alkanes of at least 4 members (excludes halogenated alkanes) is 2. The van der Waals surface area contributed by atoms with Crippen LogP contribution in [0.25, 0.3) is 0 Å². The summed E-state index contributed by atoms with van der Waals surface area (Å²) in [5.74, 6) is 0.154. The van der Waals surface area contributed by atoms with Crippen LogP contribution in [-0.4, -0.2) is 36.9 Å². The number of aliphatic hydroxyl groups is 1.